The normalized spacial score (nSPS) is 15.9. The molecule has 5 fully saturated rings. The van der Waals surface area contributed by atoms with Crippen molar-refractivity contribution in [1.82, 2.24) is 31.5 Å². The van der Waals surface area contributed by atoms with E-state index in [-0.39, 0.29) is 83.1 Å². The lowest BCUT2D eigenvalue weighted by atomic mass is 9.95. The highest BCUT2D eigenvalue weighted by molar-refractivity contribution is 7.11. The van der Waals surface area contributed by atoms with Crippen LogP contribution in [0.3, 0.4) is 0 Å². The van der Waals surface area contributed by atoms with Crippen molar-refractivity contribution in [2.24, 2.45) is 5.92 Å². The standard InChI is InChI=1S/2C21H22ClN3O2S.C21H22F4N2O2S.C21H25FN2O3S.C18H27FN2O2S/c22-13-19(26)25(17-9-4-6-15(12-17)14-23)20(18-10-5-11-28-18)21(27)24-16-7-2-1-3-8-16;22-13-19(26)25(17-10-5-4-7-15(17)14-23)20(18-11-6-12-28-18)21(27)24-16-8-2-1-3-9-16;22-13-18(28)27(16-9-4-6-14(12-16)21(23,24)25)19(17-10-5-11-30-17)20(29)26-15-7-2-1-3-8-15;1-27-17-11-9-16(10-12-17)24(19(25)14-22)20(18-8-5-13-28-18)21(26)23-15-6-3-2-4-7-15;1-13(2)12-21(16(22)11-19)17(15-9-6-10-24-15)18(23)20-14-7-4-3-5-8-14/h4-6,9-12,16,20H,1-3,7-8,13H2,(H,24,27);4-7,10-12,16,20H,1-3,8-9,13H2,(H,24,27);4-6,9-12,15,19H,1-3,7-8,13H2,(H,26,29);5,8-13,15,20H,2-4,6-7,14H2,1H3,(H,23,26);6,9-10,13-14,17H,3-5,7-8,11-12H2,1-2H3,(H,20,23). The summed E-state index contributed by atoms with van der Waals surface area (Å²) in [5, 5.41) is 43.3. The van der Waals surface area contributed by atoms with Crippen molar-refractivity contribution >= 4 is 162 Å². The SMILES string of the molecule is CC(C)CN(C(=O)CF)C(C(=O)NC1CCCCC1)c1cccs1.COc1ccc(N(C(=O)CF)C(C(=O)NC2CCCCC2)c2cccs2)cc1.N#Cc1cccc(N(C(=O)CCl)C(C(=O)NC2CCCCC2)c2cccs2)c1.N#Cc1ccccc1N(C(=O)CCl)C(C(=O)NC1CCCCC1)c1cccs1.O=C(NC1CCCCC1)C(c1cccs1)N(C(=O)CF)c1cccc(C(F)(F)F)c1. The topological polar surface area (TPSA) is 304 Å². The molecule has 5 N–H and O–H groups in total. The highest BCUT2D eigenvalue weighted by Crippen LogP contribution is 2.41. The molecule has 0 saturated heterocycles. The molecular formula is C102H118Cl2F6N12O11S5. The maximum Gasteiger partial charge on any atom is 0.416 e. The molecule has 0 aliphatic heterocycles. The number of nitrogens with zero attached hydrogens (tertiary/aromatic N) is 7. The number of benzene rings is 4. The summed E-state index contributed by atoms with van der Waals surface area (Å²) in [5.74, 6) is -4.43. The number of nitrogens with one attached hydrogen (secondary N) is 5. The zero-order valence-corrected chi connectivity index (χ0v) is 82.9. The Morgan fingerprint density at radius 3 is 1.04 bits per heavy atom. The lowest BCUT2D eigenvalue weighted by molar-refractivity contribution is -0.142. The predicted octanol–water partition coefficient (Wildman–Crippen LogP) is 22.0. The molecule has 5 unspecified atom stereocenters. The number of halogens is 8. The van der Waals surface area contributed by atoms with Crippen molar-refractivity contribution < 1.29 is 79.0 Å². The molecule has 5 aliphatic carbocycles. The van der Waals surface area contributed by atoms with Gasteiger partial charge in [-0.2, -0.15) is 23.7 Å². The molecule has 5 saturated carbocycles. The first-order valence-electron chi connectivity index (χ1n) is 46.6. The van der Waals surface area contributed by atoms with E-state index in [1.54, 1.807) is 103 Å². The van der Waals surface area contributed by atoms with Crippen molar-refractivity contribution in [3.63, 3.8) is 0 Å². The Kier molecular flexibility index (Phi) is 44.5. The first kappa shape index (κ1) is 109. The van der Waals surface area contributed by atoms with E-state index in [9.17, 15) is 84.8 Å². The number of amides is 10. The van der Waals surface area contributed by atoms with Crippen LogP contribution in [0.2, 0.25) is 0 Å². The molecule has 738 valence electrons. The number of methoxy groups -OCH3 is 1. The zero-order valence-electron chi connectivity index (χ0n) is 77.4. The van der Waals surface area contributed by atoms with Gasteiger partial charge in [-0.3, -0.25) is 67.5 Å². The molecule has 14 rings (SSSR count). The van der Waals surface area contributed by atoms with Gasteiger partial charge in [-0.25, -0.2) is 13.2 Å². The maximum atomic E-state index is 13.4. The van der Waals surface area contributed by atoms with Crippen LogP contribution in [-0.4, -0.2) is 140 Å². The summed E-state index contributed by atoms with van der Waals surface area (Å²) in [7, 11) is 1.55. The summed E-state index contributed by atoms with van der Waals surface area (Å²) in [5.41, 5.74) is 0.935. The van der Waals surface area contributed by atoms with Crippen LogP contribution in [0.25, 0.3) is 0 Å². The number of nitriles is 2. The fourth-order valence-electron chi connectivity index (χ4n) is 17.7. The number of carbonyl (C=O) groups is 10. The summed E-state index contributed by atoms with van der Waals surface area (Å²) in [4.78, 5) is 138. The number of hydrogen-bond acceptors (Lipinski definition) is 18. The molecule has 9 aromatic rings. The minimum atomic E-state index is -4.64. The third-order valence-electron chi connectivity index (χ3n) is 24.3. The van der Waals surface area contributed by atoms with E-state index in [0.29, 0.717) is 50.2 Å². The molecule has 4 aromatic carbocycles. The summed E-state index contributed by atoms with van der Waals surface area (Å²) >= 11 is 18.6. The van der Waals surface area contributed by atoms with Gasteiger partial charge >= 0.3 is 6.18 Å². The van der Waals surface area contributed by atoms with E-state index in [2.05, 4.69) is 38.7 Å². The summed E-state index contributed by atoms with van der Waals surface area (Å²) in [6, 6.07) is 42.3. The van der Waals surface area contributed by atoms with Crippen LogP contribution in [-0.2, 0) is 54.1 Å². The number of para-hydroxylation sites is 1. The van der Waals surface area contributed by atoms with E-state index in [1.165, 1.54) is 108 Å². The molecule has 10 amide bonds. The number of ether oxygens (including phenoxy) is 1. The average Bonchev–Trinajstić information content (AvgIpc) is 1.15. The van der Waals surface area contributed by atoms with Gasteiger partial charge in [-0.1, -0.05) is 165 Å². The Morgan fingerprint density at radius 1 is 0.384 bits per heavy atom. The van der Waals surface area contributed by atoms with Crippen LogP contribution in [0, 0.1) is 28.6 Å². The van der Waals surface area contributed by atoms with E-state index >= 15 is 0 Å². The molecule has 5 aromatic heterocycles. The predicted molar refractivity (Wildman–Crippen MR) is 533 cm³/mol. The first-order chi connectivity index (χ1) is 66.8. The van der Waals surface area contributed by atoms with Crippen LogP contribution in [0.15, 0.2) is 185 Å². The van der Waals surface area contributed by atoms with Crippen molar-refractivity contribution in [2.75, 3.05) is 65.0 Å². The number of rotatable bonds is 32. The molecule has 36 heteroatoms. The van der Waals surface area contributed by atoms with Gasteiger partial charge in [0.1, 0.15) is 53.8 Å². The fourth-order valence-corrected chi connectivity index (χ4v) is 22.0. The average molecular weight is 2030 g/mol. The summed E-state index contributed by atoms with van der Waals surface area (Å²) in [6.45, 7) is 0.597. The van der Waals surface area contributed by atoms with E-state index < -0.39 is 91.5 Å². The molecular weight excluding hydrogens is 1910 g/mol. The van der Waals surface area contributed by atoms with Crippen molar-refractivity contribution in [2.45, 2.75) is 241 Å². The number of thiophene rings is 5. The molecule has 0 spiro atoms. The fraction of sp³-hybridized carbons (Fsp3) is 0.451. The number of carbonyl (C=O) groups excluding carboxylic acids is 10. The Balaban J connectivity index is 0.000000178. The third-order valence-corrected chi connectivity index (χ3v) is 29.4. The molecule has 0 bridgehead atoms. The first-order valence-corrected chi connectivity index (χ1v) is 52.1. The van der Waals surface area contributed by atoms with Gasteiger partial charge in [0.15, 0.2) is 20.0 Å². The highest BCUT2D eigenvalue weighted by Gasteiger charge is 2.42. The minimum Gasteiger partial charge on any atom is -0.497 e. The van der Waals surface area contributed by atoms with Gasteiger partial charge in [-0.05, 0) is 200 Å². The van der Waals surface area contributed by atoms with Gasteiger partial charge in [-0.15, -0.1) is 79.9 Å². The van der Waals surface area contributed by atoms with Gasteiger partial charge in [0, 0.05) is 78.2 Å². The minimum absolute atomic E-state index is 0.0717. The van der Waals surface area contributed by atoms with Crippen molar-refractivity contribution in [3.8, 4) is 17.9 Å². The Hall–Kier alpha value is -11.0. The van der Waals surface area contributed by atoms with E-state index in [4.69, 9.17) is 27.9 Å². The maximum absolute atomic E-state index is 13.4. The molecule has 23 nitrogen and oxygen atoms in total. The van der Waals surface area contributed by atoms with Crippen LogP contribution >= 0.6 is 79.9 Å². The highest BCUT2D eigenvalue weighted by atomic mass is 35.5. The number of alkyl halides is 8. The Bertz CT molecular complexity index is 5410. The van der Waals surface area contributed by atoms with Gasteiger partial charge < -0.3 is 36.2 Å². The van der Waals surface area contributed by atoms with E-state index in [0.717, 1.165) is 173 Å². The summed E-state index contributed by atoms with van der Waals surface area (Å²) < 4.78 is 84.7. The monoisotopic (exact) mass is 2030 g/mol. The summed E-state index contributed by atoms with van der Waals surface area (Å²) in [6.07, 6.45) is 21.2. The van der Waals surface area contributed by atoms with E-state index in [1.807, 2.05) is 77.8 Å². The lowest BCUT2D eigenvalue weighted by Crippen LogP contribution is -2.48. The van der Waals surface area contributed by atoms with Gasteiger partial charge in [0.05, 0.1) is 35.6 Å². The van der Waals surface area contributed by atoms with Gasteiger partial charge in [0.2, 0.25) is 41.4 Å². The quantitative estimate of drug-likeness (QED) is 0.0194. The second kappa shape index (κ2) is 56.3. The second-order valence-corrected chi connectivity index (χ2v) is 39.9. The van der Waals surface area contributed by atoms with Gasteiger partial charge in [0.25, 0.3) is 17.7 Å². The van der Waals surface area contributed by atoms with Crippen LogP contribution in [0.4, 0.5) is 49.1 Å². The largest absolute Gasteiger partial charge is 0.497 e. The van der Waals surface area contributed by atoms with Crippen molar-refractivity contribution in [3.05, 3.63) is 226 Å². The lowest BCUT2D eigenvalue weighted by Gasteiger charge is -2.33. The third kappa shape index (κ3) is 31.5. The van der Waals surface area contributed by atoms with Crippen LogP contribution in [0.1, 0.15) is 246 Å². The van der Waals surface area contributed by atoms with Crippen molar-refractivity contribution in [1.29, 1.82) is 10.5 Å². The molecule has 5 aliphatic rings. The number of hydrogen-bond donors (Lipinski definition) is 5. The zero-order chi connectivity index (χ0) is 99.0. The molecule has 5 heterocycles. The Labute approximate surface area is 832 Å². The molecule has 5 atom stereocenters. The molecule has 138 heavy (non-hydrogen) atoms. The second-order valence-electron chi connectivity index (χ2n) is 34.5. The van der Waals surface area contributed by atoms with Crippen LogP contribution in [0.5, 0.6) is 5.75 Å². The smallest absolute Gasteiger partial charge is 0.416 e. The number of anilines is 4. The Morgan fingerprint density at radius 2 is 0.710 bits per heavy atom. The van der Waals surface area contributed by atoms with Crippen LogP contribution < -0.4 is 50.9 Å². The molecule has 0 radical (unpaired) electrons.